The van der Waals surface area contributed by atoms with Crippen LogP contribution in [0, 0.1) is 11.3 Å². The molecule has 0 aromatic rings. The first-order chi connectivity index (χ1) is 7.47. The molecule has 1 amide bonds. The number of hydrogen-bond donors (Lipinski definition) is 0. The predicted molar refractivity (Wildman–Crippen MR) is 65.2 cm³/mol. The topological polar surface area (TPSA) is 23.6 Å². The third kappa shape index (κ3) is 2.57. The summed E-state index contributed by atoms with van der Waals surface area (Å²) < 4.78 is 0. The highest BCUT2D eigenvalue weighted by Crippen LogP contribution is 2.33. The molecule has 2 heterocycles. The van der Waals surface area contributed by atoms with E-state index >= 15 is 0 Å². The van der Waals surface area contributed by atoms with Gasteiger partial charge in [0, 0.05) is 13.1 Å². The molecule has 0 bridgehead atoms. The van der Waals surface area contributed by atoms with E-state index in [1.807, 2.05) is 4.90 Å². The zero-order valence-corrected chi connectivity index (χ0v) is 10.8. The zero-order valence-electron chi connectivity index (χ0n) is 10.8. The van der Waals surface area contributed by atoms with Gasteiger partial charge in [-0.05, 0) is 37.3 Å². The largest absolute Gasteiger partial charge is 0.341 e. The molecule has 0 N–H and O–H groups in total. The van der Waals surface area contributed by atoms with Crippen molar-refractivity contribution in [3.05, 3.63) is 0 Å². The Morgan fingerprint density at radius 1 is 1.19 bits per heavy atom. The van der Waals surface area contributed by atoms with E-state index in [1.54, 1.807) is 0 Å². The van der Waals surface area contributed by atoms with Crippen molar-refractivity contribution in [3.8, 4) is 0 Å². The van der Waals surface area contributed by atoms with Crippen molar-refractivity contribution < 1.29 is 4.79 Å². The summed E-state index contributed by atoms with van der Waals surface area (Å²) in [6.07, 6.45) is 2.52. The second-order valence-corrected chi connectivity index (χ2v) is 6.34. The Morgan fingerprint density at radius 3 is 2.25 bits per heavy atom. The molecule has 2 fully saturated rings. The molecule has 0 aliphatic carbocycles. The molecule has 0 spiro atoms. The summed E-state index contributed by atoms with van der Waals surface area (Å²) >= 11 is 0. The SMILES string of the molecule is CC(C)(C)C1CN(C(=O)CN2CCCC2)C1. The van der Waals surface area contributed by atoms with Crippen molar-refractivity contribution >= 4 is 5.91 Å². The third-order valence-electron chi connectivity index (χ3n) is 4.02. The molecule has 2 aliphatic heterocycles. The minimum atomic E-state index is 0.336. The van der Waals surface area contributed by atoms with Crippen LogP contribution in [-0.2, 0) is 4.79 Å². The van der Waals surface area contributed by atoms with Gasteiger partial charge in [-0.3, -0.25) is 9.69 Å². The standard InChI is InChI=1S/C13H24N2O/c1-13(2,3)11-8-15(9-11)12(16)10-14-6-4-5-7-14/h11H,4-10H2,1-3H3. The molecule has 16 heavy (non-hydrogen) atoms. The molecule has 2 saturated heterocycles. The van der Waals surface area contributed by atoms with Crippen molar-refractivity contribution in [1.29, 1.82) is 0 Å². The maximum absolute atomic E-state index is 11.9. The van der Waals surface area contributed by atoms with Gasteiger partial charge in [0.2, 0.25) is 5.91 Å². The highest BCUT2D eigenvalue weighted by atomic mass is 16.2. The molecule has 2 rings (SSSR count). The monoisotopic (exact) mass is 224 g/mol. The molecule has 0 radical (unpaired) electrons. The predicted octanol–water partition coefficient (Wildman–Crippen LogP) is 1.59. The van der Waals surface area contributed by atoms with Crippen molar-refractivity contribution in [2.45, 2.75) is 33.6 Å². The highest BCUT2D eigenvalue weighted by molar-refractivity contribution is 5.79. The van der Waals surface area contributed by atoms with Gasteiger partial charge >= 0.3 is 0 Å². The van der Waals surface area contributed by atoms with Gasteiger partial charge in [-0.25, -0.2) is 0 Å². The Kier molecular flexibility index (Phi) is 3.24. The normalized spacial score (nSPS) is 23.6. The summed E-state index contributed by atoms with van der Waals surface area (Å²) in [6.45, 7) is 11.6. The molecular weight excluding hydrogens is 200 g/mol. The first kappa shape index (κ1) is 11.9. The highest BCUT2D eigenvalue weighted by Gasteiger charge is 2.38. The number of amides is 1. The van der Waals surface area contributed by atoms with E-state index in [1.165, 1.54) is 12.8 Å². The lowest BCUT2D eigenvalue weighted by Crippen LogP contribution is -2.56. The van der Waals surface area contributed by atoms with Crippen LogP contribution in [0.15, 0.2) is 0 Å². The van der Waals surface area contributed by atoms with Crippen molar-refractivity contribution in [2.24, 2.45) is 11.3 Å². The molecule has 0 atom stereocenters. The van der Waals surface area contributed by atoms with Crippen LogP contribution in [-0.4, -0.2) is 48.4 Å². The van der Waals surface area contributed by atoms with Gasteiger partial charge in [-0.15, -0.1) is 0 Å². The molecule has 2 aliphatic rings. The Labute approximate surface area is 98.8 Å². The Hall–Kier alpha value is -0.570. The van der Waals surface area contributed by atoms with E-state index in [2.05, 4.69) is 25.7 Å². The molecular formula is C13H24N2O. The number of hydrogen-bond acceptors (Lipinski definition) is 2. The Bertz CT molecular complexity index is 258. The molecule has 0 aromatic heterocycles. The molecule has 92 valence electrons. The van der Waals surface area contributed by atoms with Crippen LogP contribution in [0.1, 0.15) is 33.6 Å². The summed E-state index contributed by atoms with van der Waals surface area (Å²) in [5.41, 5.74) is 0.352. The lowest BCUT2D eigenvalue weighted by Gasteiger charge is -2.46. The average Bonchev–Trinajstić information content (AvgIpc) is 2.50. The van der Waals surface area contributed by atoms with Gasteiger partial charge in [0.05, 0.1) is 6.54 Å². The lowest BCUT2D eigenvalue weighted by atomic mass is 9.76. The van der Waals surface area contributed by atoms with Gasteiger partial charge in [0.1, 0.15) is 0 Å². The maximum atomic E-state index is 11.9. The number of carbonyl (C=O) groups is 1. The van der Waals surface area contributed by atoms with E-state index < -0.39 is 0 Å². The lowest BCUT2D eigenvalue weighted by molar-refractivity contribution is -0.141. The van der Waals surface area contributed by atoms with Gasteiger partial charge in [0.25, 0.3) is 0 Å². The minimum absolute atomic E-state index is 0.336. The summed E-state index contributed by atoms with van der Waals surface area (Å²) in [6, 6.07) is 0. The van der Waals surface area contributed by atoms with Crippen LogP contribution in [0.2, 0.25) is 0 Å². The fourth-order valence-corrected chi connectivity index (χ4v) is 2.46. The number of likely N-dealkylation sites (tertiary alicyclic amines) is 2. The summed E-state index contributed by atoms with van der Waals surface area (Å²) in [4.78, 5) is 16.2. The Balaban J connectivity index is 1.72. The summed E-state index contributed by atoms with van der Waals surface area (Å²) in [5, 5.41) is 0. The molecule has 0 saturated carbocycles. The second-order valence-electron chi connectivity index (χ2n) is 6.34. The minimum Gasteiger partial charge on any atom is -0.341 e. The first-order valence-corrected chi connectivity index (χ1v) is 6.47. The van der Waals surface area contributed by atoms with Crippen molar-refractivity contribution in [2.75, 3.05) is 32.7 Å². The van der Waals surface area contributed by atoms with Crippen LogP contribution in [0.4, 0.5) is 0 Å². The van der Waals surface area contributed by atoms with Gasteiger partial charge < -0.3 is 4.90 Å². The maximum Gasteiger partial charge on any atom is 0.236 e. The van der Waals surface area contributed by atoms with Crippen LogP contribution in [0.5, 0.6) is 0 Å². The third-order valence-corrected chi connectivity index (χ3v) is 4.02. The summed E-state index contributed by atoms with van der Waals surface area (Å²) in [5.74, 6) is 1.03. The van der Waals surface area contributed by atoms with Crippen LogP contribution < -0.4 is 0 Å². The fourth-order valence-electron chi connectivity index (χ4n) is 2.46. The van der Waals surface area contributed by atoms with Gasteiger partial charge in [0.15, 0.2) is 0 Å². The fraction of sp³-hybridized carbons (Fsp3) is 0.923. The average molecular weight is 224 g/mol. The van der Waals surface area contributed by atoms with E-state index in [-0.39, 0.29) is 0 Å². The Morgan fingerprint density at radius 2 is 1.75 bits per heavy atom. The first-order valence-electron chi connectivity index (χ1n) is 6.47. The van der Waals surface area contributed by atoms with Crippen LogP contribution in [0.25, 0.3) is 0 Å². The summed E-state index contributed by atoms with van der Waals surface area (Å²) in [7, 11) is 0. The smallest absolute Gasteiger partial charge is 0.236 e. The van der Waals surface area contributed by atoms with Crippen LogP contribution >= 0.6 is 0 Å². The number of carbonyl (C=O) groups excluding carboxylic acids is 1. The second kappa shape index (κ2) is 4.36. The van der Waals surface area contributed by atoms with E-state index in [4.69, 9.17) is 0 Å². The van der Waals surface area contributed by atoms with Gasteiger partial charge in [-0.2, -0.15) is 0 Å². The zero-order chi connectivity index (χ0) is 11.8. The van der Waals surface area contributed by atoms with Crippen molar-refractivity contribution in [3.63, 3.8) is 0 Å². The van der Waals surface area contributed by atoms with Gasteiger partial charge in [-0.1, -0.05) is 20.8 Å². The number of rotatable bonds is 2. The quantitative estimate of drug-likeness (QED) is 0.711. The molecule has 0 aromatic carbocycles. The van der Waals surface area contributed by atoms with Crippen LogP contribution in [0.3, 0.4) is 0 Å². The van der Waals surface area contributed by atoms with E-state index in [0.29, 0.717) is 23.8 Å². The number of nitrogens with zero attached hydrogens (tertiary/aromatic N) is 2. The van der Waals surface area contributed by atoms with Crippen molar-refractivity contribution in [1.82, 2.24) is 9.80 Å². The van der Waals surface area contributed by atoms with E-state index in [9.17, 15) is 4.79 Å². The molecule has 3 nitrogen and oxygen atoms in total. The molecule has 0 unspecified atom stereocenters. The molecule has 3 heteroatoms. The van der Waals surface area contributed by atoms with E-state index in [0.717, 1.165) is 26.2 Å².